The van der Waals surface area contributed by atoms with Crippen molar-refractivity contribution in [3.05, 3.63) is 59.2 Å². The zero-order valence-electron chi connectivity index (χ0n) is 17.0. The molecular formula is C23H28N2O3S. The molecule has 0 unspecified atom stereocenters. The average Bonchev–Trinajstić information content (AvgIpc) is 3.04. The van der Waals surface area contributed by atoms with Gasteiger partial charge in [-0.15, -0.1) is 0 Å². The molecular weight excluding hydrogens is 384 g/mol. The molecule has 0 radical (unpaired) electrons. The van der Waals surface area contributed by atoms with Crippen LogP contribution in [0.5, 0.6) is 0 Å². The number of nitrogens with zero attached hydrogens (tertiary/aromatic N) is 1. The van der Waals surface area contributed by atoms with Gasteiger partial charge in [0, 0.05) is 17.6 Å². The second kappa shape index (κ2) is 7.82. The van der Waals surface area contributed by atoms with Gasteiger partial charge in [-0.1, -0.05) is 37.0 Å². The highest BCUT2D eigenvalue weighted by atomic mass is 32.2. The lowest BCUT2D eigenvalue weighted by Crippen LogP contribution is -2.36. The average molecular weight is 413 g/mol. The third kappa shape index (κ3) is 3.90. The van der Waals surface area contributed by atoms with Crippen molar-refractivity contribution in [2.75, 3.05) is 4.31 Å². The Kier molecular flexibility index (Phi) is 5.38. The van der Waals surface area contributed by atoms with Gasteiger partial charge in [0.15, 0.2) is 0 Å². The van der Waals surface area contributed by atoms with Gasteiger partial charge in [0.05, 0.1) is 10.6 Å². The largest absolute Gasteiger partial charge is 0.349 e. The van der Waals surface area contributed by atoms with Gasteiger partial charge in [-0.05, 0) is 69.0 Å². The Labute approximate surface area is 173 Å². The third-order valence-electron chi connectivity index (χ3n) is 6.01. The van der Waals surface area contributed by atoms with E-state index in [2.05, 4.69) is 5.32 Å². The molecule has 29 heavy (non-hydrogen) atoms. The van der Waals surface area contributed by atoms with Gasteiger partial charge >= 0.3 is 0 Å². The van der Waals surface area contributed by atoms with Crippen LogP contribution in [-0.2, 0) is 16.4 Å². The lowest BCUT2D eigenvalue weighted by Gasteiger charge is -2.25. The van der Waals surface area contributed by atoms with Crippen LogP contribution in [0.3, 0.4) is 0 Å². The zero-order chi connectivity index (χ0) is 20.6. The van der Waals surface area contributed by atoms with E-state index < -0.39 is 10.0 Å². The molecule has 0 saturated heterocycles. The number of carbonyl (C=O) groups is 1. The Hall–Kier alpha value is -2.34. The summed E-state index contributed by atoms with van der Waals surface area (Å²) in [6.07, 6.45) is 6.25. The Morgan fingerprint density at radius 2 is 1.72 bits per heavy atom. The normalized spacial score (nSPS) is 19.8. The third-order valence-corrected chi connectivity index (χ3v) is 7.96. The molecule has 1 amide bonds. The number of fused-ring (bicyclic) bond motifs is 1. The standard InChI is InChI=1S/C23H28N2O3S/c1-16-8-11-21(12-9-16)29(27,28)25-17(2)14-19-15-18(10-13-22(19)25)23(26)24-20-6-4-3-5-7-20/h8-13,15,17,20H,3-7,14H2,1-2H3,(H,24,26)/t17-/m0/s1. The Balaban J connectivity index is 1.59. The van der Waals surface area contributed by atoms with Gasteiger partial charge in [0.25, 0.3) is 15.9 Å². The molecule has 0 aromatic heterocycles. The van der Waals surface area contributed by atoms with E-state index in [-0.39, 0.29) is 18.0 Å². The molecule has 1 N–H and O–H groups in total. The van der Waals surface area contributed by atoms with Crippen LogP contribution < -0.4 is 9.62 Å². The van der Waals surface area contributed by atoms with Gasteiger partial charge in [0.1, 0.15) is 0 Å². The van der Waals surface area contributed by atoms with Crippen molar-refractivity contribution in [1.82, 2.24) is 5.32 Å². The number of hydrogen-bond acceptors (Lipinski definition) is 3. The molecule has 1 atom stereocenters. The second-order valence-electron chi connectivity index (χ2n) is 8.32. The number of hydrogen-bond donors (Lipinski definition) is 1. The van der Waals surface area contributed by atoms with Crippen LogP contribution in [0.1, 0.15) is 60.5 Å². The van der Waals surface area contributed by atoms with Crippen molar-refractivity contribution in [2.24, 2.45) is 0 Å². The van der Waals surface area contributed by atoms with E-state index in [0.29, 0.717) is 22.6 Å². The summed E-state index contributed by atoms with van der Waals surface area (Å²) in [6.45, 7) is 3.84. The molecule has 2 aromatic carbocycles. The first-order chi connectivity index (χ1) is 13.9. The highest BCUT2D eigenvalue weighted by molar-refractivity contribution is 7.92. The zero-order valence-corrected chi connectivity index (χ0v) is 17.8. The Morgan fingerprint density at radius 1 is 1.03 bits per heavy atom. The first-order valence-electron chi connectivity index (χ1n) is 10.4. The molecule has 154 valence electrons. The first-order valence-corrected chi connectivity index (χ1v) is 11.8. The van der Waals surface area contributed by atoms with Gasteiger partial charge < -0.3 is 5.32 Å². The number of aryl methyl sites for hydroxylation is 1. The molecule has 1 aliphatic carbocycles. The van der Waals surface area contributed by atoms with Crippen molar-refractivity contribution in [3.63, 3.8) is 0 Å². The number of amides is 1. The van der Waals surface area contributed by atoms with Crippen molar-refractivity contribution in [3.8, 4) is 0 Å². The van der Waals surface area contributed by atoms with Gasteiger partial charge in [-0.2, -0.15) is 0 Å². The molecule has 6 heteroatoms. The lowest BCUT2D eigenvalue weighted by atomic mass is 9.95. The van der Waals surface area contributed by atoms with E-state index in [1.54, 1.807) is 24.3 Å². The number of rotatable bonds is 4. The quantitative estimate of drug-likeness (QED) is 0.819. The van der Waals surface area contributed by atoms with Crippen LogP contribution in [0.2, 0.25) is 0 Å². The van der Waals surface area contributed by atoms with E-state index in [1.165, 1.54) is 23.6 Å². The van der Waals surface area contributed by atoms with Crippen molar-refractivity contribution >= 4 is 21.6 Å². The predicted octanol–water partition coefficient (Wildman–Crippen LogP) is 4.20. The van der Waals surface area contributed by atoms with E-state index in [1.807, 2.05) is 32.0 Å². The van der Waals surface area contributed by atoms with Gasteiger partial charge in [-0.3, -0.25) is 9.10 Å². The SMILES string of the molecule is Cc1ccc(S(=O)(=O)N2c3ccc(C(=O)NC4CCCCC4)cc3C[C@@H]2C)cc1. The van der Waals surface area contributed by atoms with Gasteiger partial charge in [-0.25, -0.2) is 8.42 Å². The van der Waals surface area contributed by atoms with Crippen molar-refractivity contribution < 1.29 is 13.2 Å². The molecule has 0 spiro atoms. The molecule has 1 aliphatic heterocycles. The molecule has 0 bridgehead atoms. The maximum atomic E-state index is 13.2. The molecule has 5 nitrogen and oxygen atoms in total. The van der Waals surface area contributed by atoms with Gasteiger partial charge in [0.2, 0.25) is 0 Å². The van der Waals surface area contributed by atoms with E-state index in [0.717, 1.165) is 24.0 Å². The fourth-order valence-corrected chi connectivity index (χ4v) is 6.14. The summed E-state index contributed by atoms with van der Waals surface area (Å²) < 4.78 is 28.0. The number of sulfonamides is 1. The number of anilines is 1. The summed E-state index contributed by atoms with van der Waals surface area (Å²) in [5.74, 6) is -0.0628. The first kappa shape index (κ1) is 20.0. The molecule has 1 heterocycles. The van der Waals surface area contributed by atoms with E-state index in [4.69, 9.17) is 0 Å². The minimum Gasteiger partial charge on any atom is -0.349 e. The van der Waals surface area contributed by atoms with Crippen LogP contribution in [0, 0.1) is 6.92 Å². The second-order valence-corrected chi connectivity index (χ2v) is 10.1. The highest BCUT2D eigenvalue weighted by Crippen LogP contribution is 2.37. The molecule has 4 rings (SSSR count). The summed E-state index contributed by atoms with van der Waals surface area (Å²) in [5.41, 5.74) is 3.21. The summed E-state index contributed by atoms with van der Waals surface area (Å²) in [5, 5.41) is 3.14. The summed E-state index contributed by atoms with van der Waals surface area (Å²) >= 11 is 0. The summed E-state index contributed by atoms with van der Waals surface area (Å²) in [6, 6.07) is 12.4. The van der Waals surface area contributed by atoms with E-state index in [9.17, 15) is 13.2 Å². The van der Waals surface area contributed by atoms with Crippen molar-refractivity contribution in [2.45, 2.75) is 69.4 Å². The molecule has 2 aliphatic rings. The maximum Gasteiger partial charge on any atom is 0.264 e. The fraction of sp³-hybridized carbons (Fsp3) is 0.435. The van der Waals surface area contributed by atoms with Crippen LogP contribution in [0.25, 0.3) is 0 Å². The number of benzene rings is 2. The number of nitrogens with one attached hydrogen (secondary N) is 1. The van der Waals surface area contributed by atoms with Crippen LogP contribution in [0.4, 0.5) is 5.69 Å². The topological polar surface area (TPSA) is 66.5 Å². The number of carbonyl (C=O) groups excluding carboxylic acids is 1. The molecule has 1 saturated carbocycles. The minimum atomic E-state index is -3.64. The fourth-order valence-electron chi connectivity index (χ4n) is 4.45. The monoisotopic (exact) mass is 412 g/mol. The Bertz CT molecular complexity index is 1010. The smallest absolute Gasteiger partial charge is 0.264 e. The Morgan fingerprint density at radius 3 is 2.41 bits per heavy atom. The summed E-state index contributed by atoms with van der Waals surface area (Å²) in [4.78, 5) is 13.0. The summed E-state index contributed by atoms with van der Waals surface area (Å²) in [7, 11) is -3.64. The van der Waals surface area contributed by atoms with E-state index >= 15 is 0 Å². The predicted molar refractivity (Wildman–Crippen MR) is 115 cm³/mol. The van der Waals surface area contributed by atoms with Crippen LogP contribution in [0.15, 0.2) is 47.4 Å². The molecule has 1 fully saturated rings. The van der Waals surface area contributed by atoms with Crippen LogP contribution in [-0.4, -0.2) is 26.4 Å². The highest BCUT2D eigenvalue weighted by Gasteiger charge is 2.36. The maximum absolute atomic E-state index is 13.2. The van der Waals surface area contributed by atoms with Crippen LogP contribution >= 0.6 is 0 Å². The lowest BCUT2D eigenvalue weighted by molar-refractivity contribution is 0.0927. The minimum absolute atomic E-state index is 0.0628. The van der Waals surface area contributed by atoms with Crippen molar-refractivity contribution in [1.29, 1.82) is 0 Å². The molecule has 2 aromatic rings.